The lowest BCUT2D eigenvalue weighted by Gasteiger charge is -2.15. The number of rotatable bonds is 37. The molecule has 7 N–H and O–H groups in total. The van der Waals surface area contributed by atoms with Gasteiger partial charge in [0.25, 0.3) is 0 Å². The first-order chi connectivity index (χ1) is 35.9. The number of nitrogens with one attached hydrogen (secondary N) is 7. The molecule has 0 unspecified atom stereocenters. The summed E-state index contributed by atoms with van der Waals surface area (Å²) in [5.74, 6) is 2.15. The number of fused-ring (bicyclic) bond motifs is 1. The number of benzene rings is 2. The maximum atomic E-state index is 13.6. The molecule has 5 amide bonds. The lowest BCUT2D eigenvalue weighted by Crippen LogP contribution is -2.29. The standard InChI is InChI=1S/C52H74ClFN10O9S/c1-64(24-8-15-51(68)61-38-17-19-44(70-2)42(32-38)62-47-34-46(58-36-59-47)60-37-16-18-41(54)40(53)31-37)23-6-5-20-55-49(66)13-7-14-50(67)57-22-10-26-72-28-30-73-29-27-71-25-9-21-56-48(65)12-4-3-11-45-39-33-52(69)63-43(39)35-74-45/h8,15-19,31-32,34,36,39,43,45H,3-7,9-14,20-30,33,35H2,1-2H3,(H,55,66)(H,56,65)(H,57,67)(H,61,68)(H,63,69)(H2,58,59,60,62)/b15-8+/t39-,43-,45-/m0/s1. The van der Waals surface area contributed by atoms with Crippen molar-refractivity contribution in [2.45, 2.75) is 88.3 Å². The Morgan fingerprint density at radius 2 is 1.42 bits per heavy atom. The van der Waals surface area contributed by atoms with E-state index >= 15 is 0 Å². The van der Waals surface area contributed by atoms with Crippen LogP contribution < -0.4 is 42.0 Å². The van der Waals surface area contributed by atoms with E-state index < -0.39 is 5.82 Å². The SMILES string of the molecule is COc1ccc(NC(=O)/C=C/CN(C)CCCCNC(=O)CCCC(=O)NCCCOCCOCCOCCCNC(=O)CCCC[C@@H]2SC[C@@H]3NC(=O)C[C@@H]32)cc1Nc1cc(Nc2ccc(F)c(Cl)c2)ncn1. The Balaban J connectivity index is 0.771. The van der Waals surface area contributed by atoms with E-state index in [1.807, 2.05) is 18.8 Å². The van der Waals surface area contributed by atoms with Gasteiger partial charge in [-0.3, -0.25) is 24.0 Å². The molecule has 0 spiro atoms. The van der Waals surface area contributed by atoms with Crippen LogP contribution in [0.5, 0.6) is 5.75 Å². The molecule has 0 radical (unpaired) electrons. The molecule has 74 heavy (non-hydrogen) atoms. The molecule has 19 nitrogen and oxygen atoms in total. The zero-order valence-corrected chi connectivity index (χ0v) is 44.2. The summed E-state index contributed by atoms with van der Waals surface area (Å²) in [5, 5.41) is 21.4. The van der Waals surface area contributed by atoms with E-state index in [2.05, 4.69) is 52.1 Å². The molecule has 1 aromatic heterocycles. The summed E-state index contributed by atoms with van der Waals surface area (Å²) in [6, 6.07) is 11.4. The summed E-state index contributed by atoms with van der Waals surface area (Å²) >= 11 is 7.86. The van der Waals surface area contributed by atoms with Gasteiger partial charge >= 0.3 is 0 Å². The van der Waals surface area contributed by atoms with Crippen LogP contribution in [0.1, 0.15) is 77.0 Å². The molecule has 3 heterocycles. The monoisotopic (exact) mass is 1070 g/mol. The second kappa shape index (κ2) is 34.1. The number of hydrogen-bond acceptors (Lipinski definition) is 15. The lowest BCUT2D eigenvalue weighted by molar-refractivity contribution is -0.123. The maximum absolute atomic E-state index is 13.6. The first-order valence-electron chi connectivity index (χ1n) is 25.5. The number of likely N-dealkylation sites (N-methyl/N-ethyl adjacent to an activating group) is 1. The average Bonchev–Trinajstić information content (AvgIpc) is 3.94. The van der Waals surface area contributed by atoms with Crippen LogP contribution in [0.2, 0.25) is 5.02 Å². The minimum absolute atomic E-state index is 0.0161. The highest BCUT2D eigenvalue weighted by molar-refractivity contribution is 8.00. The Morgan fingerprint density at radius 1 is 0.784 bits per heavy atom. The Morgan fingerprint density at radius 3 is 2.09 bits per heavy atom. The van der Waals surface area contributed by atoms with Gasteiger partial charge in [-0.1, -0.05) is 24.1 Å². The Kier molecular flexibility index (Phi) is 27.3. The molecule has 3 atom stereocenters. The highest BCUT2D eigenvalue weighted by Gasteiger charge is 2.42. The molecule has 3 aromatic rings. The van der Waals surface area contributed by atoms with E-state index in [4.69, 9.17) is 30.5 Å². The molecule has 5 rings (SSSR count). The number of aromatic nitrogens is 2. The van der Waals surface area contributed by atoms with Gasteiger partial charge < -0.3 is 61.1 Å². The van der Waals surface area contributed by atoms with Crippen LogP contribution in [0, 0.1) is 11.7 Å². The number of thioether (sulfide) groups is 1. The Hall–Kier alpha value is -5.58. The number of nitrogens with zero attached hydrogens (tertiary/aromatic N) is 3. The average molecular weight is 1070 g/mol. The first kappa shape index (κ1) is 59.3. The first-order valence-corrected chi connectivity index (χ1v) is 27.0. The molecule has 2 aromatic carbocycles. The van der Waals surface area contributed by atoms with E-state index in [0.717, 1.165) is 50.8 Å². The van der Waals surface area contributed by atoms with Crippen LogP contribution >= 0.6 is 23.4 Å². The van der Waals surface area contributed by atoms with Gasteiger partial charge in [-0.05, 0) is 94.9 Å². The summed E-state index contributed by atoms with van der Waals surface area (Å²) in [4.78, 5) is 71.6. The van der Waals surface area contributed by atoms with Crippen molar-refractivity contribution in [3.63, 3.8) is 0 Å². The number of unbranched alkanes of at least 4 members (excludes halogenated alkanes) is 2. The van der Waals surface area contributed by atoms with Crippen molar-refractivity contribution < 1.29 is 47.3 Å². The topological polar surface area (TPSA) is 236 Å². The Labute approximate surface area is 443 Å². The normalized spacial score (nSPS) is 16.0. The summed E-state index contributed by atoms with van der Waals surface area (Å²) in [5.41, 5.74) is 1.65. The molecule has 2 aliphatic heterocycles. The number of methoxy groups -OCH3 is 1. The fraction of sp³-hybridized carbons (Fsp3) is 0.558. The van der Waals surface area contributed by atoms with E-state index in [1.165, 1.54) is 31.6 Å². The number of carbonyl (C=O) groups is 5. The molecule has 0 aliphatic carbocycles. The van der Waals surface area contributed by atoms with Crippen molar-refractivity contribution >= 4 is 81.6 Å². The van der Waals surface area contributed by atoms with Crippen molar-refractivity contribution in [3.8, 4) is 5.75 Å². The van der Waals surface area contributed by atoms with Crippen molar-refractivity contribution in [1.82, 2.24) is 36.1 Å². The predicted molar refractivity (Wildman–Crippen MR) is 287 cm³/mol. The van der Waals surface area contributed by atoms with Crippen LogP contribution in [0.3, 0.4) is 0 Å². The summed E-state index contributed by atoms with van der Waals surface area (Å²) in [7, 11) is 3.50. The van der Waals surface area contributed by atoms with Crippen molar-refractivity contribution in [3.05, 3.63) is 71.8 Å². The molecule has 2 aliphatic rings. The second-order valence-corrected chi connectivity index (χ2v) is 19.7. The fourth-order valence-electron chi connectivity index (χ4n) is 8.17. The maximum Gasteiger partial charge on any atom is 0.248 e. The highest BCUT2D eigenvalue weighted by Crippen LogP contribution is 2.40. The van der Waals surface area contributed by atoms with Crippen LogP contribution in [0.15, 0.2) is 60.9 Å². The number of anilines is 5. The Bertz CT molecular complexity index is 2270. The van der Waals surface area contributed by atoms with Crippen molar-refractivity contribution in [2.75, 3.05) is 108 Å². The predicted octanol–water partition coefficient (Wildman–Crippen LogP) is 6.50. The van der Waals surface area contributed by atoms with Gasteiger partial charge in [0.15, 0.2) is 0 Å². The number of halogens is 2. The number of ether oxygens (including phenoxy) is 4. The molecular weight excluding hydrogens is 995 g/mol. The molecule has 0 saturated carbocycles. The van der Waals surface area contributed by atoms with Crippen molar-refractivity contribution in [2.24, 2.45) is 5.92 Å². The number of hydrogen-bond donors (Lipinski definition) is 7. The number of amides is 5. The zero-order chi connectivity index (χ0) is 52.8. The van der Waals surface area contributed by atoms with Gasteiger partial charge in [-0.25, -0.2) is 14.4 Å². The third kappa shape index (κ3) is 23.3. The molecule has 0 bridgehead atoms. The van der Waals surface area contributed by atoms with Gasteiger partial charge in [0.1, 0.15) is 29.5 Å². The number of carbonyl (C=O) groups excluding carboxylic acids is 5. The van der Waals surface area contributed by atoms with Crippen LogP contribution in [0.4, 0.5) is 33.1 Å². The van der Waals surface area contributed by atoms with Gasteiger partial charge in [-0.2, -0.15) is 11.8 Å². The minimum Gasteiger partial charge on any atom is -0.495 e. The largest absolute Gasteiger partial charge is 0.495 e. The van der Waals surface area contributed by atoms with Crippen LogP contribution in [-0.4, -0.2) is 148 Å². The highest BCUT2D eigenvalue weighted by atomic mass is 35.5. The van der Waals surface area contributed by atoms with Crippen molar-refractivity contribution in [1.29, 1.82) is 0 Å². The fourth-order valence-corrected chi connectivity index (χ4v) is 10.0. The van der Waals surface area contributed by atoms with Gasteiger partial charge in [0.2, 0.25) is 29.5 Å². The van der Waals surface area contributed by atoms with Crippen LogP contribution in [0.25, 0.3) is 0 Å². The summed E-state index contributed by atoms with van der Waals surface area (Å²) in [6.07, 6.45) is 12.8. The third-order valence-electron chi connectivity index (χ3n) is 12.1. The molecule has 2 saturated heterocycles. The van der Waals surface area contributed by atoms with E-state index in [-0.39, 0.29) is 47.4 Å². The quantitative estimate of drug-likeness (QED) is 0.0241. The third-order valence-corrected chi connectivity index (χ3v) is 13.9. The lowest BCUT2D eigenvalue weighted by atomic mass is 9.94. The van der Waals surface area contributed by atoms with Gasteiger partial charge in [0.05, 0.1) is 44.2 Å². The molecular formula is C52H74ClFN10O9S. The van der Waals surface area contributed by atoms with E-state index in [1.54, 1.807) is 36.4 Å². The van der Waals surface area contributed by atoms with Gasteiger partial charge in [-0.15, -0.1) is 0 Å². The summed E-state index contributed by atoms with van der Waals surface area (Å²) < 4.78 is 35.8. The second-order valence-electron chi connectivity index (χ2n) is 18.1. The van der Waals surface area contributed by atoms with Crippen LogP contribution in [-0.2, 0) is 38.2 Å². The molecule has 406 valence electrons. The molecule has 2 fully saturated rings. The minimum atomic E-state index is -0.522. The van der Waals surface area contributed by atoms with Gasteiger partial charge in [0, 0.05) is 112 Å². The molecule has 22 heteroatoms. The van der Waals surface area contributed by atoms with E-state index in [0.29, 0.717) is 143 Å². The summed E-state index contributed by atoms with van der Waals surface area (Å²) in [6.45, 7) is 5.84. The zero-order valence-electron chi connectivity index (χ0n) is 42.7. The smallest absolute Gasteiger partial charge is 0.248 e. The van der Waals surface area contributed by atoms with E-state index in [9.17, 15) is 28.4 Å².